The van der Waals surface area contributed by atoms with Crippen molar-refractivity contribution < 1.29 is 4.52 Å². The first kappa shape index (κ1) is 9.13. The Labute approximate surface area is 84.1 Å². The van der Waals surface area contributed by atoms with Gasteiger partial charge in [0.15, 0.2) is 0 Å². The van der Waals surface area contributed by atoms with Gasteiger partial charge < -0.3 is 4.52 Å². The van der Waals surface area contributed by atoms with E-state index in [4.69, 9.17) is 4.52 Å². The lowest BCUT2D eigenvalue weighted by atomic mass is 9.87. The monoisotopic (exact) mass is 197 g/mol. The molecule has 0 atom stereocenters. The second kappa shape index (κ2) is 4.18. The van der Waals surface area contributed by atoms with Crippen LogP contribution in [-0.4, -0.2) is 5.16 Å². The lowest BCUT2D eigenvalue weighted by Gasteiger charge is -2.18. The molecule has 0 unspecified atom stereocenters. The number of thiol groups is 1. The van der Waals surface area contributed by atoms with Crippen molar-refractivity contribution in [1.29, 1.82) is 0 Å². The van der Waals surface area contributed by atoms with E-state index in [0.29, 0.717) is 11.7 Å². The highest BCUT2D eigenvalue weighted by Gasteiger charge is 2.19. The Hall–Kier alpha value is -0.440. The summed E-state index contributed by atoms with van der Waals surface area (Å²) in [4.78, 5) is 0. The van der Waals surface area contributed by atoms with E-state index >= 15 is 0 Å². The molecule has 1 fully saturated rings. The Morgan fingerprint density at radius 1 is 1.38 bits per heavy atom. The third kappa shape index (κ3) is 2.08. The zero-order valence-electron chi connectivity index (χ0n) is 7.70. The molecule has 1 aromatic heterocycles. The van der Waals surface area contributed by atoms with Gasteiger partial charge in [0, 0.05) is 17.7 Å². The van der Waals surface area contributed by atoms with E-state index in [0.717, 1.165) is 11.5 Å². The summed E-state index contributed by atoms with van der Waals surface area (Å²) in [7, 11) is 0. The normalized spacial score (nSPS) is 19.2. The molecule has 72 valence electrons. The first-order valence-electron chi connectivity index (χ1n) is 4.96. The first-order valence-corrected chi connectivity index (χ1v) is 5.60. The van der Waals surface area contributed by atoms with Crippen molar-refractivity contribution in [2.24, 2.45) is 0 Å². The van der Waals surface area contributed by atoms with E-state index in [1.54, 1.807) is 0 Å². The van der Waals surface area contributed by atoms with E-state index in [1.165, 1.54) is 32.1 Å². The molecule has 0 radical (unpaired) electrons. The van der Waals surface area contributed by atoms with Gasteiger partial charge in [-0.25, -0.2) is 0 Å². The number of hydrogen-bond acceptors (Lipinski definition) is 3. The van der Waals surface area contributed by atoms with Crippen LogP contribution in [0.25, 0.3) is 0 Å². The number of aromatic nitrogens is 1. The van der Waals surface area contributed by atoms with Gasteiger partial charge in [-0.3, -0.25) is 0 Å². The molecule has 2 nitrogen and oxygen atoms in total. The second-order valence-electron chi connectivity index (χ2n) is 3.71. The molecule has 1 aliphatic rings. The highest BCUT2D eigenvalue weighted by molar-refractivity contribution is 7.79. The fraction of sp³-hybridized carbons (Fsp3) is 0.700. The van der Waals surface area contributed by atoms with Gasteiger partial charge in [0.2, 0.25) is 0 Å². The van der Waals surface area contributed by atoms with Crippen LogP contribution in [0, 0.1) is 0 Å². The molecular formula is C10H15NOS. The minimum atomic E-state index is 0.620. The van der Waals surface area contributed by atoms with Crippen molar-refractivity contribution >= 4 is 12.6 Å². The van der Waals surface area contributed by atoms with Crippen LogP contribution in [0.5, 0.6) is 0 Å². The van der Waals surface area contributed by atoms with Crippen LogP contribution in [0.1, 0.15) is 49.5 Å². The zero-order chi connectivity index (χ0) is 9.10. The fourth-order valence-corrected chi connectivity index (χ4v) is 2.13. The maximum absolute atomic E-state index is 5.30. The Morgan fingerprint density at radius 2 is 2.15 bits per heavy atom. The molecule has 0 aromatic carbocycles. The predicted molar refractivity (Wildman–Crippen MR) is 55.0 cm³/mol. The van der Waals surface area contributed by atoms with Crippen LogP contribution < -0.4 is 0 Å². The molecule has 1 aromatic rings. The summed E-state index contributed by atoms with van der Waals surface area (Å²) in [5.74, 6) is 2.37. The van der Waals surface area contributed by atoms with Crippen molar-refractivity contribution in [3.05, 3.63) is 17.5 Å². The highest BCUT2D eigenvalue weighted by Crippen LogP contribution is 2.32. The smallest absolute Gasteiger partial charge is 0.140 e. The molecule has 1 heterocycles. The molecule has 0 saturated heterocycles. The van der Waals surface area contributed by atoms with Gasteiger partial charge >= 0.3 is 0 Å². The quantitative estimate of drug-likeness (QED) is 0.737. The third-order valence-corrected chi connectivity index (χ3v) is 3.07. The molecule has 3 heteroatoms. The van der Waals surface area contributed by atoms with Crippen LogP contribution >= 0.6 is 12.6 Å². The fourth-order valence-electron chi connectivity index (χ4n) is 1.98. The minimum absolute atomic E-state index is 0.620. The van der Waals surface area contributed by atoms with E-state index in [-0.39, 0.29) is 0 Å². The van der Waals surface area contributed by atoms with Gasteiger partial charge in [0.05, 0.1) is 5.69 Å². The van der Waals surface area contributed by atoms with Gasteiger partial charge in [-0.05, 0) is 12.8 Å². The van der Waals surface area contributed by atoms with Crippen LogP contribution in [-0.2, 0) is 5.75 Å². The summed E-state index contributed by atoms with van der Waals surface area (Å²) in [6.07, 6.45) is 6.58. The van der Waals surface area contributed by atoms with Crippen LogP contribution in [0.3, 0.4) is 0 Å². The maximum atomic E-state index is 5.30. The second-order valence-corrected chi connectivity index (χ2v) is 4.03. The molecule has 13 heavy (non-hydrogen) atoms. The van der Waals surface area contributed by atoms with Crippen molar-refractivity contribution in [1.82, 2.24) is 5.16 Å². The topological polar surface area (TPSA) is 26.0 Å². The highest BCUT2D eigenvalue weighted by atomic mass is 32.1. The molecule has 1 aliphatic carbocycles. The molecular weight excluding hydrogens is 182 g/mol. The SMILES string of the molecule is SCc1cc(C2CCCCC2)on1. The molecule has 0 bridgehead atoms. The molecule has 0 N–H and O–H groups in total. The summed E-state index contributed by atoms with van der Waals surface area (Å²) in [6.45, 7) is 0. The van der Waals surface area contributed by atoms with E-state index in [9.17, 15) is 0 Å². The van der Waals surface area contributed by atoms with E-state index in [1.807, 2.05) is 0 Å². The number of hydrogen-bond donors (Lipinski definition) is 1. The Kier molecular flexibility index (Phi) is 2.94. The summed E-state index contributed by atoms with van der Waals surface area (Å²) < 4.78 is 5.30. The third-order valence-electron chi connectivity index (χ3n) is 2.75. The largest absolute Gasteiger partial charge is 0.361 e. The van der Waals surface area contributed by atoms with Gasteiger partial charge in [-0.2, -0.15) is 12.6 Å². The van der Waals surface area contributed by atoms with Crippen LogP contribution in [0.4, 0.5) is 0 Å². The van der Waals surface area contributed by atoms with Gasteiger partial charge in [-0.15, -0.1) is 0 Å². The number of nitrogens with zero attached hydrogens (tertiary/aromatic N) is 1. The average Bonchev–Trinajstić information content (AvgIpc) is 2.67. The molecule has 0 spiro atoms. The van der Waals surface area contributed by atoms with Crippen LogP contribution in [0.2, 0.25) is 0 Å². The van der Waals surface area contributed by atoms with Gasteiger partial charge in [0.25, 0.3) is 0 Å². The summed E-state index contributed by atoms with van der Waals surface area (Å²) in [5.41, 5.74) is 0.962. The van der Waals surface area contributed by atoms with Crippen molar-refractivity contribution in [2.75, 3.05) is 0 Å². The standard InChI is InChI=1S/C10H15NOS/c13-7-9-6-10(12-11-9)8-4-2-1-3-5-8/h6,8,13H,1-5,7H2. The first-order chi connectivity index (χ1) is 6.40. The maximum Gasteiger partial charge on any atom is 0.140 e. The Bertz CT molecular complexity index is 266. The van der Waals surface area contributed by atoms with Crippen LogP contribution in [0.15, 0.2) is 10.6 Å². The minimum Gasteiger partial charge on any atom is -0.361 e. The Morgan fingerprint density at radius 3 is 2.77 bits per heavy atom. The molecule has 2 rings (SSSR count). The molecule has 0 aliphatic heterocycles. The number of rotatable bonds is 2. The predicted octanol–water partition coefficient (Wildman–Crippen LogP) is 3.15. The van der Waals surface area contributed by atoms with E-state index < -0.39 is 0 Å². The lowest BCUT2D eigenvalue weighted by molar-refractivity contribution is 0.319. The van der Waals surface area contributed by atoms with Crippen molar-refractivity contribution in [3.8, 4) is 0 Å². The summed E-state index contributed by atoms with van der Waals surface area (Å²) in [6, 6.07) is 2.06. The van der Waals surface area contributed by atoms with Gasteiger partial charge in [-0.1, -0.05) is 24.4 Å². The average molecular weight is 197 g/mol. The lowest BCUT2D eigenvalue weighted by Crippen LogP contribution is -2.02. The van der Waals surface area contributed by atoms with Crippen molar-refractivity contribution in [2.45, 2.75) is 43.8 Å². The Balaban J connectivity index is 2.05. The molecule has 1 saturated carbocycles. The van der Waals surface area contributed by atoms with Crippen molar-refractivity contribution in [3.63, 3.8) is 0 Å². The summed E-state index contributed by atoms with van der Waals surface area (Å²) >= 11 is 4.16. The van der Waals surface area contributed by atoms with E-state index in [2.05, 4.69) is 23.9 Å². The summed E-state index contributed by atoms with van der Waals surface area (Å²) in [5, 5.41) is 3.96. The van der Waals surface area contributed by atoms with Gasteiger partial charge in [0.1, 0.15) is 5.76 Å². The molecule has 0 amide bonds. The zero-order valence-corrected chi connectivity index (χ0v) is 8.59.